The fourth-order valence-electron chi connectivity index (χ4n) is 4.33. The summed E-state index contributed by atoms with van der Waals surface area (Å²) in [7, 11) is 4.86. The Morgan fingerprint density at radius 3 is 2.21 bits per heavy atom. The van der Waals surface area contributed by atoms with E-state index in [1.54, 1.807) is 21.3 Å². The highest BCUT2D eigenvalue weighted by Crippen LogP contribution is 2.39. The molecule has 1 atom stereocenters. The van der Waals surface area contributed by atoms with E-state index >= 15 is 0 Å². The van der Waals surface area contributed by atoms with Crippen LogP contribution in [0.2, 0.25) is 0 Å². The maximum absolute atomic E-state index is 13.6. The number of fused-ring (bicyclic) bond motifs is 1. The van der Waals surface area contributed by atoms with E-state index in [2.05, 4.69) is 0 Å². The van der Waals surface area contributed by atoms with Gasteiger partial charge in [0.1, 0.15) is 6.61 Å². The minimum atomic E-state index is -0.300. The minimum absolute atomic E-state index is 0.0119. The predicted molar refractivity (Wildman–Crippen MR) is 127 cm³/mol. The Kier molecular flexibility index (Phi) is 6.73. The summed E-state index contributed by atoms with van der Waals surface area (Å²) < 4.78 is 22.7. The van der Waals surface area contributed by atoms with E-state index in [-0.39, 0.29) is 18.6 Å². The average molecular weight is 448 g/mol. The number of ether oxygens (including phenoxy) is 4. The van der Waals surface area contributed by atoms with Crippen LogP contribution < -0.4 is 18.9 Å². The number of methoxy groups -OCH3 is 3. The van der Waals surface area contributed by atoms with Crippen molar-refractivity contribution < 1.29 is 23.7 Å². The number of carbonyl (C=O) groups excluding carboxylic acids is 1. The minimum Gasteiger partial charge on any atom is -0.493 e. The Hall–Kier alpha value is -3.67. The van der Waals surface area contributed by atoms with Crippen LogP contribution in [0.5, 0.6) is 23.0 Å². The quantitative estimate of drug-likeness (QED) is 0.519. The molecule has 1 aliphatic rings. The summed E-state index contributed by atoms with van der Waals surface area (Å²) in [5, 5.41) is 0. The molecule has 1 heterocycles. The van der Waals surface area contributed by atoms with Gasteiger partial charge in [0, 0.05) is 12.1 Å². The van der Waals surface area contributed by atoms with E-state index < -0.39 is 0 Å². The van der Waals surface area contributed by atoms with E-state index in [1.165, 1.54) is 0 Å². The summed E-state index contributed by atoms with van der Waals surface area (Å²) in [5.41, 5.74) is 3.76. The molecule has 1 aliphatic heterocycles. The number of para-hydroxylation sites is 2. The molecule has 0 bridgehead atoms. The zero-order valence-corrected chi connectivity index (χ0v) is 19.5. The average Bonchev–Trinajstić information content (AvgIpc) is 2.86. The van der Waals surface area contributed by atoms with Gasteiger partial charge < -0.3 is 23.8 Å². The van der Waals surface area contributed by atoms with Crippen LogP contribution in [-0.4, -0.2) is 45.3 Å². The summed E-state index contributed by atoms with van der Waals surface area (Å²) >= 11 is 0. The third-order valence-corrected chi connectivity index (χ3v) is 6.10. The molecule has 0 saturated carbocycles. The molecule has 4 rings (SSSR count). The van der Waals surface area contributed by atoms with Crippen LogP contribution in [0.3, 0.4) is 0 Å². The third kappa shape index (κ3) is 4.46. The second-order valence-corrected chi connectivity index (χ2v) is 7.95. The second kappa shape index (κ2) is 9.86. The van der Waals surface area contributed by atoms with Crippen molar-refractivity contribution in [3.05, 3.63) is 82.9 Å². The zero-order chi connectivity index (χ0) is 23.4. The SMILES string of the molecule is COc1cc2c(cc1OC)[C@@H](COc1ccccc1OC)N(C(=O)c1ccccc1C)CC2. The molecule has 0 radical (unpaired) electrons. The second-order valence-electron chi connectivity index (χ2n) is 7.95. The third-order valence-electron chi connectivity index (χ3n) is 6.10. The van der Waals surface area contributed by atoms with Crippen molar-refractivity contribution in [2.45, 2.75) is 19.4 Å². The number of hydrogen-bond acceptors (Lipinski definition) is 5. The highest BCUT2D eigenvalue weighted by atomic mass is 16.5. The fraction of sp³-hybridized carbons (Fsp3) is 0.296. The van der Waals surface area contributed by atoms with Crippen LogP contribution in [-0.2, 0) is 6.42 Å². The Balaban J connectivity index is 1.73. The van der Waals surface area contributed by atoms with E-state index in [9.17, 15) is 4.79 Å². The Labute approximate surface area is 194 Å². The smallest absolute Gasteiger partial charge is 0.254 e. The molecule has 0 fully saturated rings. The molecule has 172 valence electrons. The van der Waals surface area contributed by atoms with E-state index in [0.29, 0.717) is 35.1 Å². The number of nitrogens with zero attached hydrogens (tertiary/aromatic N) is 1. The molecule has 0 unspecified atom stereocenters. The van der Waals surface area contributed by atoms with Crippen LogP contribution in [0.15, 0.2) is 60.7 Å². The Morgan fingerprint density at radius 1 is 0.879 bits per heavy atom. The van der Waals surface area contributed by atoms with Gasteiger partial charge in [0.15, 0.2) is 23.0 Å². The summed E-state index contributed by atoms with van der Waals surface area (Å²) in [6, 6.07) is 18.8. The maximum atomic E-state index is 13.6. The van der Waals surface area contributed by atoms with Crippen molar-refractivity contribution in [1.29, 1.82) is 0 Å². The molecule has 33 heavy (non-hydrogen) atoms. The van der Waals surface area contributed by atoms with E-state index in [4.69, 9.17) is 18.9 Å². The summed E-state index contributed by atoms with van der Waals surface area (Å²) in [4.78, 5) is 15.5. The van der Waals surface area contributed by atoms with Crippen molar-refractivity contribution in [2.24, 2.45) is 0 Å². The Bertz CT molecular complexity index is 1140. The van der Waals surface area contributed by atoms with Crippen molar-refractivity contribution in [2.75, 3.05) is 34.5 Å². The topological polar surface area (TPSA) is 57.2 Å². The van der Waals surface area contributed by atoms with Crippen molar-refractivity contribution in [3.63, 3.8) is 0 Å². The standard InChI is InChI=1S/C27H29NO5/c1-18-9-5-6-10-20(18)27(29)28-14-13-19-15-25(31-3)26(32-4)16-21(19)22(28)17-33-24-12-8-7-11-23(24)30-2/h5-12,15-16,22H,13-14,17H2,1-4H3/t22-/m1/s1. The van der Waals surface area contributed by atoms with Gasteiger partial charge in [0.05, 0.1) is 27.4 Å². The lowest BCUT2D eigenvalue weighted by Crippen LogP contribution is -2.42. The van der Waals surface area contributed by atoms with Gasteiger partial charge in [-0.25, -0.2) is 0 Å². The molecule has 3 aromatic carbocycles. The number of benzene rings is 3. The lowest BCUT2D eigenvalue weighted by molar-refractivity contribution is 0.0586. The van der Waals surface area contributed by atoms with E-state index in [1.807, 2.05) is 72.5 Å². The summed E-state index contributed by atoms with van der Waals surface area (Å²) in [5.74, 6) is 2.58. The molecule has 3 aromatic rings. The van der Waals surface area contributed by atoms with Gasteiger partial charge in [-0.3, -0.25) is 4.79 Å². The van der Waals surface area contributed by atoms with Gasteiger partial charge in [0.25, 0.3) is 5.91 Å². The Morgan fingerprint density at radius 2 is 1.52 bits per heavy atom. The molecule has 6 heteroatoms. The van der Waals surface area contributed by atoms with Gasteiger partial charge in [-0.05, 0) is 60.4 Å². The highest BCUT2D eigenvalue weighted by molar-refractivity contribution is 5.96. The van der Waals surface area contributed by atoms with Gasteiger partial charge in [-0.2, -0.15) is 0 Å². The van der Waals surface area contributed by atoms with Crippen LogP contribution in [0.1, 0.15) is 33.1 Å². The first-order valence-corrected chi connectivity index (χ1v) is 10.9. The number of aryl methyl sites for hydroxylation is 1. The van der Waals surface area contributed by atoms with Gasteiger partial charge in [-0.15, -0.1) is 0 Å². The molecule has 6 nitrogen and oxygen atoms in total. The molecule has 0 saturated heterocycles. The number of rotatable bonds is 7. The molecule has 0 spiro atoms. The molecule has 1 amide bonds. The van der Waals surface area contributed by atoms with Gasteiger partial charge in [0.2, 0.25) is 0 Å². The number of carbonyl (C=O) groups is 1. The zero-order valence-electron chi connectivity index (χ0n) is 19.5. The van der Waals surface area contributed by atoms with Gasteiger partial charge >= 0.3 is 0 Å². The van der Waals surface area contributed by atoms with Crippen molar-refractivity contribution in [1.82, 2.24) is 4.90 Å². The summed E-state index contributed by atoms with van der Waals surface area (Å²) in [6.45, 7) is 2.81. The maximum Gasteiger partial charge on any atom is 0.254 e. The monoisotopic (exact) mass is 447 g/mol. The van der Waals surface area contributed by atoms with Crippen LogP contribution >= 0.6 is 0 Å². The molecular weight excluding hydrogens is 418 g/mol. The fourth-order valence-corrected chi connectivity index (χ4v) is 4.33. The predicted octanol–water partition coefficient (Wildman–Crippen LogP) is 4.84. The normalized spacial score (nSPS) is 14.9. The summed E-state index contributed by atoms with van der Waals surface area (Å²) in [6.07, 6.45) is 0.721. The molecule has 0 N–H and O–H groups in total. The number of hydrogen-bond donors (Lipinski definition) is 0. The van der Waals surface area contributed by atoms with Crippen LogP contribution in [0, 0.1) is 6.92 Å². The molecule has 0 aliphatic carbocycles. The molecular formula is C27H29NO5. The number of amides is 1. The van der Waals surface area contributed by atoms with Crippen LogP contribution in [0.25, 0.3) is 0 Å². The lowest BCUT2D eigenvalue weighted by atomic mass is 9.91. The van der Waals surface area contributed by atoms with Gasteiger partial charge in [-0.1, -0.05) is 30.3 Å². The first-order chi connectivity index (χ1) is 16.1. The van der Waals surface area contributed by atoms with Crippen LogP contribution in [0.4, 0.5) is 0 Å². The van der Waals surface area contributed by atoms with Crippen molar-refractivity contribution >= 4 is 5.91 Å². The van der Waals surface area contributed by atoms with Crippen molar-refractivity contribution in [3.8, 4) is 23.0 Å². The lowest BCUT2D eigenvalue weighted by Gasteiger charge is -2.38. The highest BCUT2D eigenvalue weighted by Gasteiger charge is 2.34. The van der Waals surface area contributed by atoms with E-state index in [0.717, 1.165) is 23.1 Å². The molecule has 0 aromatic heterocycles. The first kappa shape index (κ1) is 22.5. The largest absolute Gasteiger partial charge is 0.493 e. The first-order valence-electron chi connectivity index (χ1n) is 10.9.